The Bertz CT molecular complexity index is 995. The van der Waals surface area contributed by atoms with E-state index in [1.54, 1.807) is 30.4 Å². The first-order valence-electron chi connectivity index (χ1n) is 8.69. The molecule has 1 fully saturated rings. The zero-order valence-corrected chi connectivity index (χ0v) is 18.8. The number of aryl methyl sites for hydroxylation is 3. The molecule has 0 unspecified atom stereocenters. The van der Waals surface area contributed by atoms with E-state index in [2.05, 4.69) is 0 Å². The predicted octanol–water partition coefficient (Wildman–Crippen LogP) is 8.04. The minimum absolute atomic E-state index is 0.0117. The van der Waals surface area contributed by atoms with Gasteiger partial charge in [-0.2, -0.15) is 26.3 Å². The lowest BCUT2D eigenvalue weighted by molar-refractivity contribution is -0.254. The van der Waals surface area contributed by atoms with Crippen LogP contribution in [0.4, 0.5) is 26.3 Å². The second-order valence-electron chi connectivity index (χ2n) is 6.99. The first kappa shape index (κ1) is 21.6. The van der Waals surface area contributed by atoms with Crippen molar-refractivity contribution in [2.45, 2.75) is 43.1 Å². The van der Waals surface area contributed by atoms with E-state index < -0.39 is 28.9 Å². The molecule has 1 aliphatic heterocycles. The van der Waals surface area contributed by atoms with Gasteiger partial charge >= 0.3 is 17.8 Å². The summed E-state index contributed by atoms with van der Waals surface area (Å²) in [4.78, 5) is 2.00. The van der Waals surface area contributed by atoms with Crippen molar-refractivity contribution in [3.63, 3.8) is 0 Å². The Hall–Kier alpha value is -0.580. The van der Waals surface area contributed by atoms with Crippen molar-refractivity contribution in [3.8, 4) is 0 Å². The van der Waals surface area contributed by atoms with Crippen LogP contribution in [0.25, 0.3) is 11.1 Å². The van der Waals surface area contributed by atoms with Gasteiger partial charge in [0.2, 0.25) is 0 Å². The molecule has 4 rings (SSSR count). The van der Waals surface area contributed by atoms with Gasteiger partial charge in [0.15, 0.2) is 0 Å². The molecule has 0 aromatic carbocycles. The van der Waals surface area contributed by atoms with Crippen LogP contribution in [-0.4, -0.2) is 29.3 Å². The molecule has 0 bridgehead atoms. The Morgan fingerprint density at radius 3 is 1.72 bits per heavy atom. The van der Waals surface area contributed by atoms with Crippen LogP contribution in [0.15, 0.2) is 12.1 Å². The molecule has 2 aromatic rings. The van der Waals surface area contributed by atoms with Crippen molar-refractivity contribution in [1.82, 2.24) is 0 Å². The Morgan fingerprint density at radius 2 is 1.24 bits per heavy atom. The maximum Gasteiger partial charge on any atom is 0.380 e. The molecule has 10 heteroatoms. The van der Waals surface area contributed by atoms with Crippen LogP contribution in [0.3, 0.4) is 0 Å². The summed E-state index contributed by atoms with van der Waals surface area (Å²) >= 11 is 5.61. The zero-order valence-electron chi connectivity index (χ0n) is 15.5. The summed E-state index contributed by atoms with van der Waals surface area (Å²) in [6.07, 6.45) is 0. The molecule has 2 aromatic heterocycles. The van der Waals surface area contributed by atoms with E-state index in [0.29, 0.717) is 14.6 Å². The summed E-state index contributed by atoms with van der Waals surface area (Å²) in [5, 5.41) is 0. The van der Waals surface area contributed by atoms with Crippen molar-refractivity contribution in [2.75, 3.05) is 11.5 Å². The highest BCUT2D eigenvalue weighted by atomic mass is 32.2. The summed E-state index contributed by atoms with van der Waals surface area (Å²) in [5.41, 5.74) is -2.89. The van der Waals surface area contributed by atoms with Gasteiger partial charge in [-0.25, -0.2) is 0 Å². The first-order valence-corrected chi connectivity index (χ1v) is 12.4. The fourth-order valence-electron chi connectivity index (χ4n) is 3.70. The zero-order chi connectivity index (χ0) is 21.4. The van der Waals surface area contributed by atoms with E-state index in [1.165, 1.54) is 37.3 Å². The van der Waals surface area contributed by atoms with E-state index in [1.807, 2.05) is 0 Å². The monoisotopic (exact) mass is 486 g/mol. The van der Waals surface area contributed by atoms with E-state index in [9.17, 15) is 26.3 Å². The molecule has 0 amide bonds. The number of allylic oxidation sites excluding steroid dienone is 2. The minimum Gasteiger partial charge on any atom is -0.194 e. The smallest absolute Gasteiger partial charge is 0.194 e. The normalized spacial score (nSPS) is 23.3. The summed E-state index contributed by atoms with van der Waals surface area (Å²) < 4.78 is 88.3. The highest BCUT2D eigenvalue weighted by molar-refractivity contribution is 8.19. The van der Waals surface area contributed by atoms with E-state index in [4.69, 9.17) is 0 Å². The molecule has 158 valence electrons. The van der Waals surface area contributed by atoms with Crippen LogP contribution in [-0.2, 0) is 0 Å². The minimum atomic E-state index is -5.50. The van der Waals surface area contributed by atoms with Gasteiger partial charge in [-0.3, -0.25) is 0 Å². The van der Waals surface area contributed by atoms with Gasteiger partial charge in [0.1, 0.15) is 0 Å². The van der Waals surface area contributed by atoms with Crippen molar-refractivity contribution in [1.29, 1.82) is 0 Å². The molecule has 0 spiro atoms. The van der Waals surface area contributed by atoms with Gasteiger partial charge < -0.3 is 0 Å². The molecule has 29 heavy (non-hydrogen) atoms. The topological polar surface area (TPSA) is 0 Å². The lowest BCUT2D eigenvalue weighted by Gasteiger charge is -2.25. The number of hydrogen-bond acceptors (Lipinski definition) is 4. The maximum absolute atomic E-state index is 14.9. The van der Waals surface area contributed by atoms with E-state index in [0.717, 1.165) is 27.7 Å². The Morgan fingerprint density at radius 1 is 0.759 bits per heavy atom. The maximum atomic E-state index is 14.9. The largest absolute Gasteiger partial charge is 0.380 e. The third kappa shape index (κ3) is 3.03. The molecular weight excluding hydrogens is 470 g/mol. The van der Waals surface area contributed by atoms with E-state index in [-0.39, 0.29) is 15.7 Å². The van der Waals surface area contributed by atoms with Gasteiger partial charge in [0, 0.05) is 42.2 Å². The van der Waals surface area contributed by atoms with Gasteiger partial charge in [0.05, 0.1) is 4.58 Å². The third-order valence-corrected chi connectivity index (χ3v) is 10.5. The average molecular weight is 487 g/mol. The van der Waals surface area contributed by atoms with Crippen LogP contribution in [0.5, 0.6) is 0 Å². The summed E-state index contributed by atoms with van der Waals surface area (Å²) in [7, 11) is 0. The quantitative estimate of drug-likeness (QED) is 0.403. The lowest BCUT2D eigenvalue weighted by atomic mass is 9.95. The molecule has 0 radical (unpaired) electrons. The number of alkyl halides is 6. The van der Waals surface area contributed by atoms with Gasteiger partial charge in [-0.1, -0.05) is 0 Å². The molecule has 3 heterocycles. The lowest BCUT2D eigenvalue weighted by Crippen LogP contribution is -2.48. The van der Waals surface area contributed by atoms with Crippen LogP contribution < -0.4 is 0 Å². The fourth-order valence-corrected chi connectivity index (χ4v) is 8.85. The molecule has 0 N–H and O–H groups in total. The molecule has 1 aliphatic carbocycles. The van der Waals surface area contributed by atoms with Gasteiger partial charge in [0.25, 0.3) is 0 Å². The standard InChI is InChI=1S/C19H16F6S4/c1-8-6-11(9(2)28-8)14-15(18(22,23)19(24,25)17(14,20)21)12-7-13(29-10(12)3)16-26-4-5-27-16/h6-7,16H,4-5H2,1-3H3. The predicted molar refractivity (Wildman–Crippen MR) is 112 cm³/mol. The first-order chi connectivity index (χ1) is 13.4. The molecule has 2 aliphatic rings. The fraction of sp³-hybridized carbons (Fsp3) is 0.474. The number of halogens is 6. The van der Waals surface area contributed by atoms with Crippen molar-refractivity contribution < 1.29 is 26.3 Å². The Balaban J connectivity index is 2.00. The van der Waals surface area contributed by atoms with Crippen molar-refractivity contribution >= 4 is 57.3 Å². The average Bonchev–Trinajstić information content (AvgIpc) is 3.33. The second kappa shape index (κ2) is 6.97. The van der Waals surface area contributed by atoms with Gasteiger partial charge in [-0.15, -0.1) is 46.2 Å². The van der Waals surface area contributed by atoms with Crippen LogP contribution in [0.2, 0.25) is 0 Å². The number of hydrogen-bond donors (Lipinski definition) is 0. The summed E-state index contributed by atoms with van der Waals surface area (Å²) in [6.45, 7) is 4.64. The van der Waals surface area contributed by atoms with Crippen molar-refractivity contribution in [3.05, 3.63) is 42.8 Å². The molecule has 0 atom stereocenters. The highest BCUT2D eigenvalue weighted by Crippen LogP contribution is 2.66. The van der Waals surface area contributed by atoms with Crippen molar-refractivity contribution in [2.24, 2.45) is 0 Å². The molecule has 0 saturated carbocycles. The van der Waals surface area contributed by atoms with Crippen LogP contribution in [0, 0.1) is 20.8 Å². The Labute approximate surface area is 180 Å². The Kier molecular flexibility index (Phi) is 5.20. The molecule has 1 saturated heterocycles. The SMILES string of the molecule is Cc1cc(C2=C(c3cc(C4SCCS4)sc3C)C(F)(F)C(F)(F)C2(F)F)c(C)s1. The number of rotatable bonds is 3. The molecule has 0 nitrogen and oxygen atoms in total. The summed E-state index contributed by atoms with van der Waals surface area (Å²) in [5.74, 6) is -13.7. The van der Waals surface area contributed by atoms with Crippen LogP contribution >= 0.6 is 46.2 Å². The molecular formula is C19H16F6S4. The second-order valence-corrected chi connectivity index (χ2v) is 12.5. The van der Waals surface area contributed by atoms with E-state index >= 15 is 0 Å². The third-order valence-electron chi connectivity index (χ3n) is 5.04. The highest BCUT2D eigenvalue weighted by Gasteiger charge is 2.80. The van der Waals surface area contributed by atoms with Crippen LogP contribution in [0.1, 0.15) is 35.2 Å². The van der Waals surface area contributed by atoms with Gasteiger partial charge in [-0.05, 0) is 44.0 Å². The summed E-state index contributed by atoms with van der Waals surface area (Å²) in [6, 6.07) is 2.71. The number of thiophene rings is 2. The number of thioether (sulfide) groups is 2.